The first-order valence-corrected chi connectivity index (χ1v) is 7.85. The zero-order valence-electron chi connectivity index (χ0n) is 13.1. The SMILES string of the molecule is Oc1ccc(Nc2nc3ccccc3n2Cc2ccccc2)cc1. The number of nitrogens with zero attached hydrogens (tertiary/aromatic N) is 2. The second kappa shape index (κ2) is 6.08. The number of fused-ring (bicyclic) bond motifs is 1. The van der Waals surface area contributed by atoms with Gasteiger partial charge in [-0.25, -0.2) is 4.98 Å². The van der Waals surface area contributed by atoms with Gasteiger partial charge >= 0.3 is 0 Å². The lowest BCUT2D eigenvalue weighted by atomic mass is 10.2. The van der Waals surface area contributed by atoms with Gasteiger partial charge in [0, 0.05) is 5.69 Å². The van der Waals surface area contributed by atoms with Crippen molar-refractivity contribution in [3.8, 4) is 5.75 Å². The molecule has 4 rings (SSSR count). The summed E-state index contributed by atoms with van der Waals surface area (Å²) in [6.07, 6.45) is 0. The second-order valence-electron chi connectivity index (χ2n) is 5.67. The summed E-state index contributed by atoms with van der Waals surface area (Å²) in [4.78, 5) is 4.72. The largest absolute Gasteiger partial charge is 0.508 e. The Labute approximate surface area is 140 Å². The number of phenolic OH excluding ortho intramolecular Hbond substituents is 1. The Morgan fingerprint density at radius 3 is 2.33 bits per heavy atom. The molecule has 0 unspecified atom stereocenters. The number of rotatable bonds is 4. The van der Waals surface area contributed by atoms with Crippen LogP contribution >= 0.6 is 0 Å². The van der Waals surface area contributed by atoms with Crippen molar-refractivity contribution >= 4 is 22.7 Å². The van der Waals surface area contributed by atoms with Crippen LogP contribution in [0.15, 0.2) is 78.9 Å². The van der Waals surface area contributed by atoms with Crippen molar-refractivity contribution in [3.63, 3.8) is 0 Å². The third-order valence-corrected chi connectivity index (χ3v) is 3.96. The monoisotopic (exact) mass is 315 g/mol. The van der Waals surface area contributed by atoms with Gasteiger partial charge in [-0.2, -0.15) is 0 Å². The fourth-order valence-corrected chi connectivity index (χ4v) is 2.77. The van der Waals surface area contributed by atoms with E-state index in [9.17, 15) is 5.11 Å². The van der Waals surface area contributed by atoms with E-state index in [2.05, 4.69) is 28.1 Å². The van der Waals surface area contributed by atoms with Crippen molar-refractivity contribution in [2.75, 3.05) is 5.32 Å². The molecule has 118 valence electrons. The van der Waals surface area contributed by atoms with Crippen LogP contribution in [0.4, 0.5) is 11.6 Å². The predicted molar refractivity (Wildman–Crippen MR) is 96.7 cm³/mol. The number of para-hydroxylation sites is 2. The molecule has 0 radical (unpaired) electrons. The number of aromatic nitrogens is 2. The fourth-order valence-electron chi connectivity index (χ4n) is 2.77. The highest BCUT2D eigenvalue weighted by atomic mass is 16.3. The molecule has 0 saturated carbocycles. The van der Waals surface area contributed by atoms with Crippen LogP contribution < -0.4 is 5.32 Å². The lowest BCUT2D eigenvalue weighted by Gasteiger charge is -2.11. The summed E-state index contributed by atoms with van der Waals surface area (Å²) < 4.78 is 2.16. The van der Waals surface area contributed by atoms with Gasteiger partial charge in [0.05, 0.1) is 17.6 Å². The summed E-state index contributed by atoms with van der Waals surface area (Å²) in [5, 5.41) is 12.8. The first-order chi connectivity index (χ1) is 11.8. The molecule has 3 aromatic carbocycles. The van der Waals surface area contributed by atoms with E-state index >= 15 is 0 Å². The molecule has 0 saturated heterocycles. The topological polar surface area (TPSA) is 50.1 Å². The normalized spacial score (nSPS) is 10.8. The second-order valence-corrected chi connectivity index (χ2v) is 5.67. The highest BCUT2D eigenvalue weighted by molar-refractivity contribution is 5.79. The Balaban J connectivity index is 1.76. The molecular weight excluding hydrogens is 298 g/mol. The van der Waals surface area contributed by atoms with Gasteiger partial charge in [0.25, 0.3) is 0 Å². The van der Waals surface area contributed by atoms with E-state index in [4.69, 9.17) is 4.98 Å². The van der Waals surface area contributed by atoms with E-state index in [1.165, 1.54) is 5.56 Å². The summed E-state index contributed by atoms with van der Waals surface area (Å²) in [5.74, 6) is 1.03. The minimum atomic E-state index is 0.248. The molecule has 0 spiro atoms. The molecule has 0 aliphatic heterocycles. The molecule has 0 fully saturated rings. The van der Waals surface area contributed by atoms with Crippen LogP contribution in [0.25, 0.3) is 11.0 Å². The third-order valence-electron chi connectivity index (χ3n) is 3.96. The van der Waals surface area contributed by atoms with Crippen LogP contribution in [-0.4, -0.2) is 14.7 Å². The summed E-state index contributed by atoms with van der Waals surface area (Å²) in [5.41, 5.74) is 4.14. The average molecular weight is 315 g/mol. The summed E-state index contributed by atoms with van der Waals surface area (Å²) in [6.45, 7) is 0.738. The van der Waals surface area contributed by atoms with Crippen LogP contribution in [-0.2, 0) is 6.54 Å². The number of hydrogen-bond donors (Lipinski definition) is 2. The van der Waals surface area contributed by atoms with Crippen LogP contribution in [0.3, 0.4) is 0 Å². The zero-order valence-corrected chi connectivity index (χ0v) is 13.1. The lowest BCUT2D eigenvalue weighted by molar-refractivity contribution is 0.475. The number of imidazole rings is 1. The summed E-state index contributed by atoms with van der Waals surface area (Å²) >= 11 is 0. The highest BCUT2D eigenvalue weighted by Crippen LogP contribution is 2.25. The van der Waals surface area contributed by atoms with Crippen molar-refractivity contribution in [1.82, 2.24) is 9.55 Å². The van der Waals surface area contributed by atoms with Gasteiger partial charge in [-0.15, -0.1) is 0 Å². The molecule has 1 aromatic heterocycles. The van der Waals surface area contributed by atoms with Gasteiger partial charge in [0.15, 0.2) is 0 Å². The number of nitrogens with one attached hydrogen (secondary N) is 1. The Morgan fingerprint density at radius 1 is 0.833 bits per heavy atom. The lowest BCUT2D eigenvalue weighted by Crippen LogP contribution is -2.05. The molecule has 1 heterocycles. The number of anilines is 2. The van der Waals surface area contributed by atoms with Crippen molar-refractivity contribution < 1.29 is 5.11 Å². The maximum atomic E-state index is 9.44. The van der Waals surface area contributed by atoms with E-state index in [1.807, 2.05) is 48.5 Å². The van der Waals surface area contributed by atoms with Gasteiger partial charge in [-0.1, -0.05) is 42.5 Å². The van der Waals surface area contributed by atoms with Crippen LogP contribution in [0.5, 0.6) is 5.75 Å². The molecule has 4 heteroatoms. The molecular formula is C20H17N3O. The molecule has 4 nitrogen and oxygen atoms in total. The number of aromatic hydroxyl groups is 1. The standard InChI is InChI=1S/C20H17N3O/c24-17-12-10-16(11-13-17)21-20-22-18-8-4-5-9-19(18)23(20)14-15-6-2-1-3-7-15/h1-13,24H,14H2,(H,21,22). The van der Waals surface area contributed by atoms with E-state index in [-0.39, 0.29) is 5.75 Å². The van der Waals surface area contributed by atoms with Crippen LogP contribution in [0.2, 0.25) is 0 Å². The minimum absolute atomic E-state index is 0.248. The number of hydrogen-bond acceptors (Lipinski definition) is 3. The number of phenols is 1. The molecule has 0 bridgehead atoms. The van der Waals surface area contributed by atoms with Gasteiger partial charge in [-0.05, 0) is 42.0 Å². The van der Waals surface area contributed by atoms with Gasteiger partial charge < -0.3 is 15.0 Å². The Hall–Kier alpha value is -3.27. The highest BCUT2D eigenvalue weighted by Gasteiger charge is 2.11. The van der Waals surface area contributed by atoms with Crippen molar-refractivity contribution in [1.29, 1.82) is 0 Å². The van der Waals surface area contributed by atoms with Gasteiger partial charge in [0.1, 0.15) is 5.75 Å². The average Bonchev–Trinajstić information content (AvgIpc) is 2.95. The van der Waals surface area contributed by atoms with E-state index in [0.29, 0.717) is 0 Å². The van der Waals surface area contributed by atoms with Gasteiger partial charge in [-0.3, -0.25) is 0 Å². The summed E-state index contributed by atoms with van der Waals surface area (Å²) in [7, 11) is 0. The predicted octanol–water partition coefficient (Wildman–Crippen LogP) is 4.53. The van der Waals surface area contributed by atoms with Gasteiger partial charge in [0.2, 0.25) is 5.95 Å². The van der Waals surface area contributed by atoms with Crippen molar-refractivity contribution in [3.05, 3.63) is 84.4 Å². The molecule has 2 N–H and O–H groups in total. The molecule has 0 aliphatic carbocycles. The Kier molecular flexibility index (Phi) is 3.63. The first kappa shape index (κ1) is 14.3. The van der Waals surface area contributed by atoms with E-state index < -0.39 is 0 Å². The molecule has 4 aromatic rings. The maximum absolute atomic E-state index is 9.44. The smallest absolute Gasteiger partial charge is 0.208 e. The van der Waals surface area contributed by atoms with Crippen molar-refractivity contribution in [2.45, 2.75) is 6.54 Å². The molecule has 0 amide bonds. The maximum Gasteiger partial charge on any atom is 0.208 e. The quantitative estimate of drug-likeness (QED) is 0.544. The summed E-state index contributed by atoms with van der Waals surface area (Å²) in [6, 6.07) is 25.4. The molecule has 0 atom stereocenters. The van der Waals surface area contributed by atoms with E-state index in [0.717, 1.165) is 29.2 Å². The van der Waals surface area contributed by atoms with Crippen LogP contribution in [0, 0.1) is 0 Å². The van der Waals surface area contributed by atoms with Crippen molar-refractivity contribution in [2.24, 2.45) is 0 Å². The first-order valence-electron chi connectivity index (χ1n) is 7.85. The zero-order chi connectivity index (χ0) is 16.4. The number of benzene rings is 3. The third kappa shape index (κ3) is 2.82. The minimum Gasteiger partial charge on any atom is -0.508 e. The fraction of sp³-hybridized carbons (Fsp3) is 0.0500. The molecule has 24 heavy (non-hydrogen) atoms. The Bertz CT molecular complexity index is 959. The van der Waals surface area contributed by atoms with E-state index in [1.54, 1.807) is 12.1 Å². The Morgan fingerprint density at radius 2 is 1.54 bits per heavy atom. The van der Waals surface area contributed by atoms with Crippen LogP contribution in [0.1, 0.15) is 5.56 Å². The molecule has 0 aliphatic rings.